The Morgan fingerprint density at radius 1 is 1.00 bits per heavy atom. The minimum atomic E-state index is -5.03. The van der Waals surface area contributed by atoms with Gasteiger partial charge in [0, 0.05) is 30.3 Å². The van der Waals surface area contributed by atoms with Crippen LogP contribution in [0.4, 0.5) is 26.3 Å². The van der Waals surface area contributed by atoms with Crippen LogP contribution in [-0.2, 0) is 32.0 Å². The van der Waals surface area contributed by atoms with Gasteiger partial charge < -0.3 is 9.42 Å². The first-order valence-electron chi connectivity index (χ1n) is 11.7. The molecule has 0 radical (unpaired) electrons. The Morgan fingerprint density at radius 3 is 2.33 bits per heavy atom. The molecule has 2 aromatic carbocycles. The highest BCUT2D eigenvalue weighted by atomic mass is 19.4. The summed E-state index contributed by atoms with van der Waals surface area (Å²) in [5.41, 5.74) is -0.0613. The summed E-state index contributed by atoms with van der Waals surface area (Å²) in [6.07, 6.45) is -6.83. The molecule has 0 bridgehead atoms. The zero-order valence-electron chi connectivity index (χ0n) is 20.5. The maximum absolute atomic E-state index is 13.6. The molecule has 3 heterocycles. The van der Waals surface area contributed by atoms with Gasteiger partial charge in [0.15, 0.2) is 5.76 Å². The number of halogens is 6. The van der Waals surface area contributed by atoms with E-state index < -0.39 is 29.0 Å². The largest absolute Gasteiger partial charge is 0.417 e. The van der Waals surface area contributed by atoms with Gasteiger partial charge in [0.05, 0.1) is 29.2 Å². The van der Waals surface area contributed by atoms with Gasteiger partial charge in [-0.25, -0.2) is 4.99 Å². The monoisotopic (exact) mass is 545 g/mol. The maximum Gasteiger partial charge on any atom is 0.417 e. The average Bonchev–Trinajstić information content (AvgIpc) is 3.52. The topological polar surface area (TPSA) is 57.2 Å². The molecule has 5 rings (SSSR count). The molecule has 2 aliphatic heterocycles. The molecule has 39 heavy (non-hydrogen) atoms. The maximum atomic E-state index is 13.6. The number of hydrogen-bond donors (Lipinski definition) is 0. The lowest BCUT2D eigenvalue weighted by atomic mass is 10.0. The minimum Gasteiger partial charge on any atom is -0.359 e. The van der Waals surface area contributed by atoms with E-state index >= 15 is 0 Å². The number of amidine groups is 1. The number of hydrogen-bond acceptors (Lipinski definition) is 5. The molecule has 0 aliphatic carbocycles. The lowest BCUT2D eigenvalue weighted by Gasteiger charge is -2.21. The summed E-state index contributed by atoms with van der Waals surface area (Å²) in [5.74, 6) is 0.923. The molecule has 3 aromatic rings. The lowest BCUT2D eigenvalue weighted by molar-refractivity contribution is -0.142. The van der Waals surface area contributed by atoms with E-state index in [0.717, 1.165) is 25.0 Å². The van der Waals surface area contributed by atoms with Gasteiger partial charge in [-0.3, -0.25) is 5.01 Å². The second kappa shape index (κ2) is 9.75. The number of alkyl halides is 6. The predicted octanol–water partition coefficient (Wildman–Crippen LogP) is 7.01. The number of rotatable bonds is 4. The van der Waals surface area contributed by atoms with Crippen LogP contribution in [0, 0.1) is 0 Å². The fourth-order valence-electron chi connectivity index (χ4n) is 4.31. The van der Waals surface area contributed by atoms with Crippen molar-refractivity contribution in [1.29, 1.82) is 0 Å². The van der Waals surface area contributed by atoms with Gasteiger partial charge in [0.2, 0.25) is 0 Å². The Bertz CT molecular complexity index is 1490. The van der Waals surface area contributed by atoms with Crippen molar-refractivity contribution in [2.45, 2.75) is 38.9 Å². The van der Waals surface area contributed by atoms with Crippen molar-refractivity contribution in [3.8, 4) is 11.3 Å². The molecule has 12 heteroatoms. The number of aromatic nitrogens is 1. The minimum absolute atomic E-state index is 0.00795. The third kappa shape index (κ3) is 5.59. The van der Waals surface area contributed by atoms with Crippen molar-refractivity contribution in [3.05, 3.63) is 101 Å². The first-order valence-corrected chi connectivity index (χ1v) is 11.7. The van der Waals surface area contributed by atoms with Crippen LogP contribution in [0.15, 0.2) is 87.2 Å². The third-order valence-corrected chi connectivity index (χ3v) is 6.35. The van der Waals surface area contributed by atoms with E-state index in [4.69, 9.17) is 9.52 Å². The summed E-state index contributed by atoms with van der Waals surface area (Å²) in [6, 6.07) is 10.7. The van der Waals surface area contributed by atoms with E-state index in [9.17, 15) is 26.3 Å². The Morgan fingerprint density at radius 2 is 1.69 bits per heavy atom. The second-order valence-electron chi connectivity index (χ2n) is 9.10. The zero-order valence-corrected chi connectivity index (χ0v) is 20.5. The summed E-state index contributed by atoms with van der Waals surface area (Å²) >= 11 is 0. The van der Waals surface area contributed by atoms with Crippen LogP contribution in [0.1, 0.15) is 34.9 Å². The molecule has 0 saturated carbocycles. The number of hydrazone groups is 1. The molecule has 1 aromatic heterocycles. The van der Waals surface area contributed by atoms with Crippen molar-refractivity contribution >= 4 is 12.1 Å². The Labute approximate surface area is 219 Å². The first kappa shape index (κ1) is 26.3. The Balaban J connectivity index is 1.34. The number of aliphatic imine (C=N–C) groups is 1. The van der Waals surface area contributed by atoms with Gasteiger partial charge in [-0.15, -0.1) is 0 Å². The fraction of sp³-hybridized carbons (Fsp3) is 0.222. The fourth-order valence-corrected chi connectivity index (χ4v) is 4.31. The van der Waals surface area contributed by atoms with Crippen LogP contribution in [0.5, 0.6) is 0 Å². The van der Waals surface area contributed by atoms with Gasteiger partial charge in [-0.2, -0.15) is 31.4 Å². The first-order chi connectivity index (χ1) is 18.4. The van der Waals surface area contributed by atoms with Crippen LogP contribution in [0.3, 0.4) is 0 Å². The standard InChI is InChI=1S/C27H21F6N5O/c1-16-11-34-38(15-25(16)35-17(2)37-12-18-5-3-4-6-19(18)13-37)14-21-10-24(36-39-21)22-8-7-20(26(28,29)30)9-23(22)27(31,32)33/h3-11,15H,1,12-14H2,2H3. The van der Waals surface area contributed by atoms with Crippen LogP contribution in [-0.4, -0.2) is 27.1 Å². The smallest absolute Gasteiger partial charge is 0.359 e. The van der Waals surface area contributed by atoms with Gasteiger partial charge in [0.1, 0.15) is 18.1 Å². The Hall–Kier alpha value is -4.35. The summed E-state index contributed by atoms with van der Waals surface area (Å²) < 4.78 is 84.9. The third-order valence-electron chi connectivity index (χ3n) is 6.35. The second-order valence-corrected chi connectivity index (χ2v) is 9.10. The molecule has 0 unspecified atom stereocenters. The number of fused-ring (bicyclic) bond motifs is 1. The Kier molecular flexibility index (Phi) is 6.57. The van der Waals surface area contributed by atoms with E-state index in [0.29, 0.717) is 17.3 Å². The highest BCUT2D eigenvalue weighted by Gasteiger charge is 2.39. The zero-order chi connectivity index (χ0) is 27.9. The molecule has 0 N–H and O–H groups in total. The molecule has 0 fully saturated rings. The van der Waals surface area contributed by atoms with Gasteiger partial charge in [0.25, 0.3) is 0 Å². The highest BCUT2D eigenvalue weighted by Crippen LogP contribution is 2.40. The molecule has 2 aliphatic rings. The van der Waals surface area contributed by atoms with E-state index in [1.165, 1.54) is 28.4 Å². The summed E-state index contributed by atoms with van der Waals surface area (Å²) in [7, 11) is 0. The van der Waals surface area contributed by atoms with E-state index in [-0.39, 0.29) is 24.1 Å². The highest BCUT2D eigenvalue weighted by molar-refractivity contribution is 5.88. The molecule has 0 atom stereocenters. The molecular weight excluding hydrogens is 524 g/mol. The van der Waals surface area contributed by atoms with Crippen molar-refractivity contribution in [2.75, 3.05) is 0 Å². The van der Waals surface area contributed by atoms with Crippen LogP contribution in [0.2, 0.25) is 0 Å². The molecule has 6 nitrogen and oxygen atoms in total. The predicted molar refractivity (Wildman–Crippen MR) is 132 cm³/mol. The van der Waals surface area contributed by atoms with Gasteiger partial charge in [-0.05, 0) is 30.2 Å². The van der Waals surface area contributed by atoms with Crippen molar-refractivity contribution in [3.63, 3.8) is 0 Å². The summed E-state index contributed by atoms with van der Waals surface area (Å²) in [6.45, 7) is 7.31. The lowest BCUT2D eigenvalue weighted by Crippen LogP contribution is -2.23. The quantitative estimate of drug-likeness (QED) is 0.201. The van der Waals surface area contributed by atoms with E-state index in [1.807, 2.05) is 19.1 Å². The van der Waals surface area contributed by atoms with Crippen LogP contribution >= 0.6 is 0 Å². The molecule has 202 valence electrons. The van der Waals surface area contributed by atoms with E-state index in [1.54, 1.807) is 6.20 Å². The van der Waals surface area contributed by atoms with Crippen LogP contribution in [0.25, 0.3) is 11.3 Å². The molecule has 0 spiro atoms. The van der Waals surface area contributed by atoms with Crippen molar-refractivity contribution in [2.24, 2.45) is 10.1 Å². The molecule has 0 saturated heterocycles. The SMILES string of the molecule is C=C1C=NN(Cc2cc(-c3ccc(C(F)(F)F)cc3C(F)(F)F)no2)C=C1N=C(C)N1Cc2ccccc2C1. The van der Waals surface area contributed by atoms with E-state index in [2.05, 4.69) is 33.9 Å². The molecular formula is C27H21F6N5O. The average molecular weight is 545 g/mol. The summed E-state index contributed by atoms with van der Waals surface area (Å²) in [4.78, 5) is 6.83. The van der Waals surface area contributed by atoms with Gasteiger partial charge >= 0.3 is 12.4 Å². The normalized spacial score (nSPS) is 16.1. The summed E-state index contributed by atoms with van der Waals surface area (Å²) in [5, 5.41) is 9.35. The van der Waals surface area contributed by atoms with Crippen LogP contribution < -0.4 is 0 Å². The number of benzene rings is 2. The molecule has 0 amide bonds. The number of nitrogens with zero attached hydrogens (tertiary/aromatic N) is 5. The van der Waals surface area contributed by atoms with Gasteiger partial charge in [-0.1, -0.05) is 42.1 Å². The number of allylic oxidation sites excluding steroid dienone is 1. The van der Waals surface area contributed by atoms with Crippen molar-refractivity contribution in [1.82, 2.24) is 15.1 Å². The van der Waals surface area contributed by atoms with Crippen molar-refractivity contribution < 1.29 is 30.9 Å².